The highest BCUT2D eigenvalue weighted by molar-refractivity contribution is 5.89. The molecular formula is C19H27N7O. The van der Waals surface area contributed by atoms with Crippen LogP contribution in [0.5, 0.6) is 0 Å². The zero-order valence-electron chi connectivity index (χ0n) is 16.0. The maximum atomic E-state index is 12.5. The van der Waals surface area contributed by atoms with Crippen LogP contribution in [0.15, 0.2) is 18.5 Å². The van der Waals surface area contributed by atoms with Gasteiger partial charge < -0.3 is 10.6 Å². The predicted molar refractivity (Wildman–Crippen MR) is 104 cm³/mol. The van der Waals surface area contributed by atoms with E-state index in [1.807, 2.05) is 22.6 Å². The average molecular weight is 369 g/mol. The number of nitrogens with two attached hydrogens (primary N) is 1. The molecule has 0 radical (unpaired) electrons. The van der Waals surface area contributed by atoms with Gasteiger partial charge in [-0.1, -0.05) is 13.0 Å². The van der Waals surface area contributed by atoms with E-state index in [2.05, 4.69) is 21.9 Å². The molecule has 1 aliphatic heterocycles. The minimum Gasteiger partial charge on any atom is -0.383 e. The van der Waals surface area contributed by atoms with Crippen molar-refractivity contribution >= 4 is 22.8 Å². The number of likely N-dealkylation sites (N-methyl/N-ethyl adjacent to an activating group) is 1. The summed E-state index contributed by atoms with van der Waals surface area (Å²) in [4.78, 5) is 25.2. The summed E-state index contributed by atoms with van der Waals surface area (Å²) < 4.78 is 1.93. The molecule has 1 atom stereocenters. The molecule has 2 aromatic heterocycles. The quantitative estimate of drug-likeness (QED) is 0.774. The average Bonchev–Trinajstić information content (AvgIpc) is 3.27. The van der Waals surface area contributed by atoms with Gasteiger partial charge in [-0.3, -0.25) is 9.69 Å². The summed E-state index contributed by atoms with van der Waals surface area (Å²) in [5.41, 5.74) is 7.72. The van der Waals surface area contributed by atoms with Crippen LogP contribution in [0.25, 0.3) is 11.0 Å². The SMILES string of the molecule is CCc1nn(C2CCN(C(=O)C=CCN(C)C3CC3)C2)c2ncnc(N)c12. The van der Waals surface area contributed by atoms with Crippen LogP contribution in [0.1, 0.15) is 37.9 Å². The molecule has 2 fully saturated rings. The topological polar surface area (TPSA) is 93.2 Å². The van der Waals surface area contributed by atoms with Gasteiger partial charge >= 0.3 is 0 Å². The van der Waals surface area contributed by atoms with Gasteiger partial charge in [0.1, 0.15) is 12.1 Å². The Kier molecular flexibility index (Phi) is 4.82. The summed E-state index contributed by atoms with van der Waals surface area (Å²) in [6.45, 7) is 4.25. The Bertz CT molecular complexity index is 870. The summed E-state index contributed by atoms with van der Waals surface area (Å²) >= 11 is 0. The molecule has 1 unspecified atom stereocenters. The molecule has 2 aromatic rings. The number of likely N-dealkylation sites (tertiary alicyclic amines) is 1. The lowest BCUT2D eigenvalue weighted by molar-refractivity contribution is -0.125. The maximum absolute atomic E-state index is 12.5. The molecule has 8 heteroatoms. The third-order valence-electron chi connectivity index (χ3n) is 5.57. The largest absolute Gasteiger partial charge is 0.383 e. The van der Waals surface area contributed by atoms with Crippen LogP contribution in [0.4, 0.5) is 5.82 Å². The van der Waals surface area contributed by atoms with E-state index in [0.717, 1.165) is 42.7 Å². The fourth-order valence-corrected chi connectivity index (χ4v) is 3.80. The van der Waals surface area contributed by atoms with Gasteiger partial charge in [0, 0.05) is 31.8 Å². The first-order valence-corrected chi connectivity index (χ1v) is 9.71. The van der Waals surface area contributed by atoms with E-state index in [9.17, 15) is 4.79 Å². The second-order valence-corrected chi connectivity index (χ2v) is 7.50. The normalized spacial score (nSPS) is 20.4. The zero-order valence-corrected chi connectivity index (χ0v) is 16.0. The number of carbonyl (C=O) groups is 1. The van der Waals surface area contributed by atoms with Crippen LogP contribution >= 0.6 is 0 Å². The van der Waals surface area contributed by atoms with Gasteiger partial charge in [-0.05, 0) is 32.7 Å². The van der Waals surface area contributed by atoms with E-state index in [1.54, 1.807) is 6.08 Å². The molecule has 1 saturated carbocycles. The van der Waals surface area contributed by atoms with Gasteiger partial charge in [-0.25, -0.2) is 14.6 Å². The van der Waals surface area contributed by atoms with Crippen LogP contribution in [0.3, 0.4) is 0 Å². The minimum absolute atomic E-state index is 0.0722. The molecule has 4 rings (SSSR count). The van der Waals surface area contributed by atoms with Crippen LogP contribution in [-0.4, -0.2) is 68.2 Å². The van der Waals surface area contributed by atoms with Gasteiger partial charge in [0.2, 0.25) is 5.91 Å². The Balaban J connectivity index is 1.45. The number of anilines is 1. The summed E-state index contributed by atoms with van der Waals surface area (Å²) in [5.74, 6) is 0.541. The van der Waals surface area contributed by atoms with E-state index < -0.39 is 0 Å². The third-order valence-corrected chi connectivity index (χ3v) is 5.57. The number of aryl methyl sites for hydroxylation is 1. The Hall–Kier alpha value is -2.48. The predicted octanol–water partition coefficient (Wildman–Crippen LogP) is 1.39. The van der Waals surface area contributed by atoms with Crippen LogP contribution < -0.4 is 5.73 Å². The van der Waals surface area contributed by atoms with E-state index in [0.29, 0.717) is 18.4 Å². The second-order valence-electron chi connectivity index (χ2n) is 7.50. The monoisotopic (exact) mass is 369 g/mol. The molecule has 27 heavy (non-hydrogen) atoms. The highest BCUT2D eigenvalue weighted by atomic mass is 16.2. The maximum Gasteiger partial charge on any atom is 0.246 e. The van der Waals surface area contributed by atoms with E-state index in [-0.39, 0.29) is 11.9 Å². The summed E-state index contributed by atoms with van der Waals surface area (Å²) in [6.07, 6.45) is 9.35. The van der Waals surface area contributed by atoms with Gasteiger partial charge in [-0.2, -0.15) is 5.10 Å². The molecule has 2 N–H and O–H groups in total. The Labute approximate surface area is 159 Å². The van der Waals surface area contributed by atoms with Gasteiger partial charge in [0.25, 0.3) is 0 Å². The highest BCUT2D eigenvalue weighted by Crippen LogP contribution is 2.29. The van der Waals surface area contributed by atoms with Crippen molar-refractivity contribution < 1.29 is 4.79 Å². The third kappa shape index (κ3) is 3.53. The number of rotatable bonds is 6. The number of aromatic nitrogens is 4. The van der Waals surface area contributed by atoms with Gasteiger partial charge in [0.15, 0.2) is 5.65 Å². The standard InChI is InChI=1S/C19H27N7O/c1-3-15-17-18(20)21-12-22-19(17)26(23-15)14-8-10-25(11-14)16(27)5-4-9-24(2)13-6-7-13/h4-5,12-14H,3,6-11H2,1-2H3,(H2,20,21,22). The number of amides is 1. The van der Waals surface area contributed by atoms with E-state index in [4.69, 9.17) is 10.8 Å². The molecule has 0 spiro atoms. The van der Waals surface area contributed by atoms with E-state index >= 15 is 0 Å². The molecular weight excluding hydrogens is 342 g/mol. The van der Waals surface area contributed by atoms with Crippen molar-refractivity contribution in [2.24, 2.45) is 0 Å². The van der Waals surface area contributed by atoms with Gasteiger partial charge in [0.05, 0.1) is 17.1 Å². The number of carbonyl (C=O) groups excluding carboxylic acids is 1. The van der Waals surface area contributed by atoms with E-state index in [1.165, 1.54) is 19.2 Å². The molecule has 8 nitrogen and oxygen atoms in total. The molecule has 1 saturated heterocycles. The molecule has 2 aliphatic rings. The van der Waals surface area contributed by atoms with Crippen LogP contribution in [0, 0.1) is 0 Å². The number of hydrogen-bond donors (Lipinski definition) is 1. The molecule has 1 amide bonds. The molecule has 144 valence electrons. The molecule has 1 aliphatic carbocycles. The number of fused-ring (bicyclic) bond motifs is 1. The van der Waals surface area contributed by atoms with Crippen molar-refractivity contribution in [2.75, 3.05) is 32.4 Å². The number of nitrogen functional groups attached to an aromatic ring is 1. The first-order chi connectivity index (χ1) is 13.1. The Morgan fingerprint density at radius 2 is 2.19 bits per heavy atom. The van der Waals surface area contributed by atoms with Crippen molar-refractivity contribution in [1.29, 1.82) is 0 Å². The minimum atomic E-state index is 0.0722. The summed E-state index contributed by atoms with van der Waals surface area (Å²) in [5, 5.41) is 5.57. The van der Waals surface area contributed by atoms with Crippen molar-refractivity contribution in [3.8, 4) is 0 Å². The fourth-order valence-electron chi connectivity index (χ4n) is 3.80. The highest BCUT2D eigenvalue weighted by Gasteiger charge is 2.30. The molecule has 0 bridgehead atoms. The van der Waals surface area contributed by atoms with Crippen molar-refractivity contribution in [2.45, 2.75) is 44.7 Å². The van der Waals surface area contributed by atoms with Crippen LogP contribution in [0.2, 0.25) is 0 Å². The lowest BCUT2D eigenvalue weighted by Gasteiger charge is -2.16. The number of hydrogen-bond acceptors (Lipinski definition) is 6. The zero-order chi connectivity index (χ0) is 19.0. The summed E-state index contributed by atoms with van der Waals surface area (Å²) in [6, 6.07) is 0.824. The second kappa shape index (κ2) is 7.26. The van der Waals surface area contributed by atoms with Crippen molar-refractivity contribution in [1.82, 2.24) is 29.5 Å². The first-order valence-electron chi connectivity index (χ1n) is 9.71. The fraction of sp³-hybridized carbons (Fsp3) is 0.579. The smallest absolute Gasteiger partial charge is 0.246 e. The number of nitrogens with zero attached hydrogens (tertiary/aromatic N) is 6. The molecule has 3 heterocycles. The van der Waals surface area contributed by atoms with Crippen molar-refractivity contribution in [3.05, 3.63) is 24.2 Å². The molecule has 0 aromatic carbocycles. The Morgan fingerprint density at radius 1 is 1.37 bits per heavy atom. The first kappa shape index (κ1) is 17.9. The lowest BCUT2D eigenvalue weighted by atomic mass is 10.2. The lowest BCUT2D eigenvalue weighted by Crippen LogP contribution is -2.28. The van der Waals surface area contributed by atoms with Crippen molar-refractivity contribution in [3.63, 3.8) is 0 Å². The van der Waals surface area contributed by atoms with Gasteiger partial charge in [-0.15, -0.1) is 0 Å². The van der Waals surface area contributed by atoms with Crippen LogP contribution in [-0.2, 0) is 11.2 Å². The Morgan fingerprint density at radius 3 is 2.93 bits per heavy atom. The summed E-state index contributed by atoms with van der Waals surface area (Å²) in [7, 11) is 2.11.